The third-order valence-corrected chi connectivity index (χ3v) is 2.92. The number of anilines is 1. The molecule has 1 aliphatic carbocycles. The minimum absolute atomic E-state index is 0.696. The lowest BCUT2D eigenvalue weighted by Crippen LogP contribution is -1.95. The summed E-state index contributed by atoms with van der Waals surface area (Å²) in [5.74, 6) is 1.41. The first-order valence-electron chi connectivity index (χ1n) is 5.51. The third kappa shape index (κ3) is 1.65. The maximum atomic E-state index is 5.88. The predicted molar refractivity (Wildman–Crippen MR) is 63.9 cm³/mol. The van der Waals surface area contributed by atoms with E-state index in [0.29, 0.717) is 11.7 Å². The van der Waals surface area contributed by atoms with Crippen LogP contribution in [0.2, 0.25) is 0 Å². The van der Waals surface area contributed by atoms with Gasteiger partial charge in [-0.25, -0.2) is 9.97 Å². The first kappa shape index (κ1) is 9.33. The minimum atomic E-state index is 0.696. The summed E-state index contributed by atoms with van der Waals surface area (Å²) < 4.78 is 0. The first-order valence-corrected chi connectivity index (χ1v) is 5.51. The van der Waals surface area contributed by atoms with E-state index in [9.17, 15) is 0 Å². The fraction of sp³-hybridized carbons (Fsp3) is 0.231. The van der Waals surface area contributed by atoms with Crippen LogP contribution in [0.5, 0.6) is 0 Å². The van der Waals surface area contributed by atoms with Crippen molar-refractivity contribution in [2.75, 3.05) is 5.73 Å². The summed E-state index contributed by atoms with van der Waals surface area (Å²) in [5.41, 5.74) is 8.76. The van der Waals surface area contributed by atoms with Crippen LogP contribution in [-0.4, -0.2) is 9.97 Å². The Hall–Kier alpha value is -1.90. The molecule has 3 heteroatoms. The molecule has 1 aromatic heterocycles. The lowest BCUT2D eigenvalue weighted by atomic mass is 10.1. The van der Waals surface area contributed by atoms with E-state index in [2.05, 4.69) is 9.97 Å². The van der Waals surface area contributed by atoms with Gasteiger partial charge in [0.2, 0.25) is 0 Å². The number of benzene rings is 1. The molecule has 0 radical (unpaired) electrons. The Morgan fingerprint density at radius 3 is 2.38 bits per heavy atom. The molecule has 0 aliphatic heterocycles. The van der Waals surface area contributed by atoms with Crippen molar-refractivity contribution in [3.63, 3.8) is 0 Å². The highest BCUT2D eigenvalue weighted by Gasteiger charge is 2.24. The highest BCUT2D eigenvalue weighted by molar-refractivity contribution is 5.70. The van der Waals surface area contributed by atoms with Crippen molar-refractivity contribution >= 4 is 5.69 Å². The van der Waals surface area contributed by atoms with Crippen LogP contribution in [0, 0.1) is 0 Å². The summed E-state index contributed by atoms with van der Waals surface area (Å²) >= 11 is 0. The Balaban J connectivity index is 1.97. The molecule has 1 saturated carbocycles. The van der Waals surface area contributed by atoms with E-state index in [0.717, 1.165) is 11.3 Å². The van der Waals surface area contributed by atoms with Crippen LogP contribution < -0.4 is 5.73 Å². The maximum absolute atomic E-state index is 5.88. The number of para-hydroxylation sites is 1. The molecule has 1 heterocycles. The van der Waals surface area contributed by atoms with Crippen LogP contribution >= 0.6 is 0 Å². The Bertz CT molecular complexity index is 501. The monoisotopic (exact) mass is 211 g/mol. The van der Waals surface area contributed by atoms with Crippen molar-refractivity contribution in [2.45, 2.75) is 18.8 Å². The number of nitrogen functional groups attached to an aromatic ring is 1. The van der Waals surface area contributed by atoms with E-state index in [1.807, 2.05) is 36.7 Å². The van der Waals surface area contributed by atoms with Gasteiger partial charge in [-0.2, -0.15) is 0 Å². The number of hydrogen-bond donors (Lipinski definition) is 1. The smallest absolute Gasteiger partial charge is 0.161 e. The number of rotatable bonds is 2. The zero-order valence-electron chi connectivity index (χ0n) is 8.93. The molecule has 0 amide bonds. The highest BCUT2D eigenvalue weighted by atomic mass is 14.9. The summed E-state index contributed by atoms with van der Waals surface area (Å²) in [6.07, 6.45) is 6.39. The lowest BCUT2D eigenvalue weighted by Gasteiger charge is -2.04. The number of nitrogens with zero attached hydrogens (tertiary/aromatic N) is 2. The standard InChI is InChI=1S/C13H13N3/c14-12-4-2-1-3-11(12)13-15-7-10(8-16-13)9-5-6-9/h1-4,7-9H,5-6,14H2. The third-order valence-electron chi connectivity index (χ3n) is 2.92. The summed E-state index contributed by atoms with van der Waals surface area (Å²) in [6, 6.07) is 7.68. The fourth-order valence-corrected chi connectivity index (χ4v) is 1.81. The topological polar surface area (TPSA) is 51.8 Å². The van der Waals surface area contributed by atoms with Crippen LogP contribution in [0.4, 0.5) is 5.69 Å². The number of hydrogen-bond acceptors (Lipinski definition) is 3. The van der Waals surface area contributed by atoms with Crippen LogP contribution in [-0.2, 0) is 0 Å². The Kier molecular flexibility index (Phi) is 2.10. The minimum Gasteiger partial charge on any atom is -0.398 e. The Labute approximate surface area is 94.4 Å². The summed E-state index contributed by atoms with van der Waals surface area (Å²) in [6.45, 7) is 0. The molecule has 1 aliphatic rings. The zero-order valence-corrected chi connectivity index (χ0v) is 8.93. The van der Waals surface area contributed by atoms with Gasteiger partial charge in [0, 0.05) is 23.6 Å². The van der Waals surface area contributed by atoms with Gasteiger partial charge in [-0.15, -0.1) is 0 Å². The molecule has 2 N–H and O–H groups in total. The molecule has 3 rings (SSSR count). The van der Waals surface area contributed by atoms with Crippen LogP contribution in [0.15, 0.2) is 36.7 Å². The lowest BCUT2D eigenvalue weighted by molar-refractivity contribution is 1.04. The number of aromatic nitrogens is 2. The summed E-state index contributed by atoms with van der Waals surface area (Å²) in [5, 5.41) is 0. The van der Waals surface area contributed by atoms with Gasteiger partial charge in [-0.05, 0) is 36.5 Å². The normalized spacial score (nSPS) is 15.0. The van der Waals surface area contributed by atoms with E-state index < -0.39 is 0 Å². The Morgan fingerprint density at radius 1 is 1.06 bits per heavy atom. The van der Waals surface area contributed by atoms with E-state index in [1.165, 1.54) is 18.4 Å². The Morgan fingerprint density at radius 2 is 1.75 bits per heavy atom. The molecular weight excluding hydrogens is 198 g/mol. The van der Waals surface area contributed by atoms with Crippen molar-refractivity contribution in [3.05, 3.63) is 42.2 Å². The molecule has 80 valence electrons. The second kappa shape index (κ2) is 3.59. The van der Waals surface area contributed by atoms with E-state index >= 15 is 0 Å². The molecule has 1 fully saturated rings. The molecule has 0 saturated heterocycles. The van der Waals surface area contributed by atoms with Gasteiger partial charge in [-0.1, -0.05) is 12.1 Å². The number of nitrogens with two attached hydrogens (primary N) is 1. The molecule has 0 unspecified atom stereocenters. The second-order valence-corrected chi connectivity index (χ2v) is 4.20. The molecule has 0 atom stereocenters. The van der Waals surface area contributed by atoms with Crippen molar-refractivity contribution in [1.29, 1.82) is 0 Å². The predicted octanol–water partition coefficient (Wildman–Crippen LogP) is 2.60. The highest BCUT2D eigenvalue weighted by Crippen LogP contribution is 2.39. The van der Waals surface area contributed by atoms with Gasteiger partial charge in [-0.3, -0.25) is 0 Å². The van der Waals surface area contributed by atoms with Gasteiger partial charge in [0.05, 0.1) is 0 Å². The maximum Gasteiger partial charge on any atom is 0.161 e. The van der Waals surface area contributed by atoms with Crippen molar-refractivity contribution in [3.8, 4) is 11.4 Å². The first-order chi connectivity index (χ1) is 7.84. The van der Waals surface area contributed by atoms with Gasteiger partial charge in [0.15, 0.2) is 5.82 Å². The molecule has 0 bridgehead atoms. The fourth-order valence-electron chi connectivity index (χ4n) is 1.81. The van der Waals surface area contributed by atoms with Gasteiger partial charge >= 0.3 is 0 Å². The average molecular weight is 211 g/mol. The largest absolute Gasteiger partial charge is 0.398 e. The van der Waals surface area contributed by atoms with E-state index in [4.69, 9.17) is 5.73 Å². The molecule has 0 spiro atoms. The van der Waals surface area contributed by atoms with Crippen molar-refractivity contribution in [2.24, 2.45) is 0 Å². The van der Waals surface area contributed by atoms with E-state index in [1.54, 1.807) is 0 Å². The van der Waals surface area contributed by atoms with Crippen LogP contribution in [0.25, 0.3) is 11.4 Å². The quantitative estimate of drug-likeness (QED) is 0.777. The summed E-state index contributed by atoms with van der Waals surface area (Å²) in [4.78, 5) is 8.76. The summed E-state index contributed by atoms with van der Waals surface area (Å²) in [7, 11) is 0. The van der Waals surface area contributed by atoms with Crippen LogP contribution in [0.3, 0.4) is 0 Å². The SMILES string of the molecule is Nc1ccccc1-c1ncc(C2CC2)cn1. The molecular formula is C13H13N3. The molecule has 2 aromatic rings. The second-order valence-electron chi connectivity index (χ2n) is 4.20. The van der Waals surface area contributed by atoms with E-state index in [-0.39, 0.29) is 0 Å². The molecule has 1 aromatic carbocycles. The van der Waals surface area contributed by atoms with Gasteiger partial charge in [0.1, 0.15) is 0 Å². The zero-order chi connectivity index (χ0) is 11.0. The van der Waals surface area contributed by atoms with Crippen LogP contribution in [0.1, 0.15) is 24.3 Å². The van der Waals surface area contributed by atoms with Crippen molar-refractivity contribution < 1.29 is 0 Å². The van der Waals surface area contributed by atoms with Gasteiger partial charge in [0.25, 0.3) is 0 Å². The van der Waals surface area contributed by atoms with Crippen molar-refractivity contribution in [1.82, 2.24) is 9.97 Å². The molecule has 3 nitrogen and oxygen atoms in total. The molecule has 16 heavy (non-hydrogen) atoms. The van der Waals surface area contributed by atoms with Gasteiger partial charge < -0.3 is 5.73 Å². The average Bonchev–Trinajstić information content (AvgIpc) is 3.14.